The fraction of sp³-hybridized carbons (Fsp3) is 0.368. The summed E-state index contributed by atoms with van der Waals surface area (Å²) in [6.45, 7) is 3.16. The summed E-state index contributed by atoms with van der Waals surface area (Å²) in [7, 11) is 0. The number of piperidine rings is 1. The number of nitrogens with one attached hydrogen (secondary N) is 1. The zero-order chi connectivity index (χ0) is 18.1. The number of hydrogen-bond acceptors (Lipinski definition) is 4. The first-order chi connectivity index (χ1) is 12.6. The van der Waals surface area contributed by atoms with Crippen LogP contribution in [0.3, 0.4) is 0 Å². The number of fused-ring (bicyclic) bond motifs is 1. The maximum absolute atomic E-state index is 12.8. The maximum Gasteiger partial charge on any atom is 0.261 e. The topological polar surface area (TPSA) is 83.9 Å². The number of para-hydroxylation sites is 1. The summed E-state index contributed by atoms with van der Waals surface area (Å²) in [5.74, 6) is 0.781. The Hall–Kier alpha value is -2.96. The first-order valence-corrected chi connectivity index (χ1v) is 8.86. The van der Waals surface area contributed by atoms with E-state index in [1.165, 1.54) is 4.57 Å². The predicted molar refractivity (Wildman–Crippen MR) is 97.9 cm³/mol. The summed E-state index contributed by atoms with van der Waals surface area (Å²) in [5, 5.41) is 7.55. The fourth-order valence-corrected chi connectivity index (χ4v) is 3.65. The minimum atomic E-state index is -0.163. The largest absolute Gasteiger partial charge is 0.340 e. The minimum Gasteiger partial charge on any atom is -0.340 e. The van der Waals surface area contributed by atoms with E-state index >= 15 is 0 Å². The second-order valence-corrected chi connectivity index (χ2v) is 6.76. The molecule has 0 aliphatic carbocycles. The molecule has 2 aromatic heterocycles. The highest BCUT2D eigenvalue weighted by Crippen LogP contribution is 2.25. The summed E-state index contributed by atoms with van der Waals surface area (Å²) >= 11 is 0. The third kappa shape index (κ3) is 3.00. The van der Waals surface area contributed by atoms with Gasteiger partial charge in [0.2, 0.25) is 5.91 Å². The highest BCUT2D eigenvalue weighted by Gasteiger charge is 2.26. The molecule has 0 bridgehead atoms. The second-order valence-electron chi connectivity index (χ2n) is 6.76. The summed E-state index contributed by atoms with van der Waals surface area (Å²) < 4.78 is 1.48. The lowest BCUT2D eigenvalue weighted by Gasteiger charge is -2.32. The van der Waals surface area contributed by atoms with E-state index in [0.29, 0.717) is 23.3 Å². The van der Waals surface area contributed by atoms with Gasteiger partial charge in [0, 0.05) is 30.9 Å². The average molecular weight is 351 g/mol. The van der Waals surface area contributed by atoms with Crippen molar-refractivity contribution in [3.05, 3.63) is 58.4 Å². The average Bonchev–Trinajstić information content (AvgIpc) is 3.20. The van der Waals surface area contributed by atoms with Gasteiger partial charge >= 0.3 is 0 Å². The van der Waals surface area contributed by atoms with Gasteiger partial charge < -0.3 is 4.90 Å². The van der Waals surface area contributed by atoms with Crippen molar-refractivity contribution in [1.29, 1.82) is 0 Å². The molecule has 1 amide bonds. The number of benzene rings is 1. The summed E-state index contributed by atoms with van der Waals surface area (Å²) in [6.07, 6.45) is 3.71. The Labute approximate surface area is 150 Å². The molecule has 1 aliphatic rings. The van der Waals surface area contributed by atoms with Crippen LogP contribution in [-0.2, 0) is 11.3 Å². The molecular formula is C19H21N5O2. The van der Waals surface area contributed by atoms with E-state index in [2.05, 4.69) is 15.2 Å². The molecule has 0 saturated carbocycles. The number of aromatic nitrogens is 4. The maximum atomic E-state index is 12.8. The van der Waals surface area contributed by atoms with Crippen LogP contribution in [-0.4, -0.2) is 43.6 Å². The first-order valence-electron chi connectivity index (χ1n) is 8.86. The lowest BCUT2D eigenvalue weighted by Crippen LogP contribution is -2.42. The van der Waals surface area contributed by atoms with Gasteiger partial charge in [-0.05, 0) is 38.0 Å². The van der Waals surface area contributed by atoms with E-state index in [1.807, 2.05) is 29.2 Å². The second kappa shape index (κ2) is 6.74. The van der Waals surface area contributed by atoms with Crippen LogP contribution in [0.25, 0.3) is 10.9 Å². The van der Waals surface area contributed by atoms with Crippen molar-refractivity contribution in [2.75, 3.05) is 13.1 Å². The van der Waals surface area contributed by atoms with E-state index in [0.717, 1.165) is 25.1 Å². The van der Waals surface area contributed by atoms with Crippen LogP contribution in [0.5, 0.6) is 0 Å². The smallest absolute Gasteiger partial charge is 0.261 e. The number of aromatic amines is 1. The fourth-order valence-electron chi connectivity index (χ4n) is 3.65. The first kappa shape index (κ1) is 16.5. The lowest BCUT2D eigenvalue weighted by molar-refractivity contribution is -0.133. The van der Waals surface area contributed by atoms with E-state index in [-0.39, 0.29) is 23.9 Å². The number of carbonyl (C=O) groups excluding carboxylic acids is 1. The Balaban J connectivity index is 1.56. The monoisotopic (exact) mass is 351 g/mol. The standard InChI is InChI=1S/C19H21N5O2/c1-13-21-17-7-3-2-6-15(17)19(26)24(13)12-18(25)23-10-4-5-14(11-23)16-8-9-20-22-16/h2-3,6-9,14H,4-5,10-12H2,1H3,(H,20,22)/t14-/m1/s1. The Morgan fingerprint density at radius 2 is 2.15 bits per heavy atom. The summed E-state index contributed by atoms with van der Waals surface area (Å²) in [5.41, 5.74) is 1.56. The van der Waals surface area contributed by atoms with Gasteiger partial charge in [-0.15, -0.1) is 0 Å². The molecule has 134 valence electrons. The van der Waals surface area contributed by atoms with Crippen LogP contribution >= 0.6 is 0 Å². The quantitative estimate of drug-likeness (QED) is 0.780. The Morgan fingerprint density at radius 1 is 1.31 bits per heavy atom. The Kier molecular flexibility index (Phi) is 4.28. The predicted octanol–water partition coefficient (Wildman–Crippen LogP) is 1.83. The van der Waals surface area contributed by atoms with Gasteiger partial charge in [-0.25, -0.2) is 4.98 Å². The van der Waals surface area contributed by atoms with Gasteiger partial charge in [0.1, 0.15) is 12.4 Å². The molecule has 1 aromatic carbocycles. The highest BCUT2D eigenvalue weighted by atomic mass is 16.2. The van der Waals surface area contributed by atoms with Crippen molar-refractivity contribution in [2.45, 2.75) is 32.2 Å². The number of aryl methyl sites for hydroxylation is 1. The van der Waals surface area contributed by atoms with Crippen molar-refractivity contribution in [3.63, 3.8) is 0 Å². The third-order valence-corrected chi connectivity index (χ3v) is 5.08. The molecule has 3 aromatic rings. The van der Waals surface area contributed by atoms with E-state index in [4.69, 9.17) is 0 Å². The van der Waals surface area contributed by atoms with E-state index in [1.54, 1.807) is 19.2 Å². The summed E-state index contributed by atoms with van der Waals surface area (Å²) in [6, 6.07) is 9.19. The zero-order valence-corrected chi connectivity index (χ0v) is 14.7. The molecule has 0 spiro atoms. The number of rotatable bonds is 3. The van der Waals surface area contributed by atoms with Crippen LogP contribution in [0, 0.1) is 6.92 Å². The number of amides is 1. The molecule has 7 heteroatoms. The van der Waals surface area contributed by atoms with Gasteiger partial charge in [0.05, 0.1) is 10.9 Å². The lowest BCUT2D eigenvalue weighted by atomic mass is 9.95. The van der Waals surface area contributed by atoms with Gasteiger partial charge in [-0.2, -0.15) is 5.10 Å². The number of nitrogens with zero attached hydrogens (tertiary/aromatic N) is 4. The van der Waals surface area contributed by atoms with Gasteiger partial charge in [0.25, 0.3) is 5.56 Å². The molecule has 0 unspecified atom stereocenters. The SMILES string of the molecule is Cc1nc2ccccc2c(=O)n1CC(=O)N1CCC[C@@H](c2ccn[nH]2)C1. The van der Waals surface area contributed by atoms with Crippen molar-refractivity contribution in [2.24, 2.45) is 0 Å². The molecule has 3 heterocycles. The molecule has 1 atom stereocenters. The van der Waals surface area contributed by atoms with E-state index in [9.17, 15) is 9.59 Å². The van der Waals surface area contributed by atoms with Crippen molar-refractivity contribution < 1.29 is 4.79 Å². The normalized spacial score (nSPS) is 17.6. The van der Waals surface area contributed by atoms with Crippen molar-refractivity contribution in [3.8, 4) is 0 Å². The van der Waals surface area contributed by atoms with Crippen LogP contribution in [0.2, 0.25) is 0 Å². The molecule has 1 aliphatic heterocycles. The number of likely N-dealkylation sites (tertiary alicyclic amines) is 1. The number of H-pyrrole nitrogens is 1. The molecule has 1 fully saturated rings. The van der Waals surface area contributed by atoms with E-state index < -0.39 is 0 Å². The zero-order valence-electron chi connectivity index (χ0n) is 14.7. The highest BCUT2D eigenvalue weighted by molar-refractivity contribution is 5.79. The number of carbonyl (C=O) groups is 1. The van der Waals surface area contributed by atoms with Crippen LogP contribution in [0.4, 0.5) is 0 Å². The van der Waals surface area contributed by atoms with Gasteiger partial charge in [-0.1, -0.05) is 12.1 Å². The summed E-state index contributed by atoms with van der Waals surface area (Å²) in [4.78, 5) is 31.9. The molecule has 26 heavy (non-hydrogen) atoms. The molecule has 1 N–H and O–H groups in total. The molecular weight excluding hydrogens is 330 g/mol. The Bertz CT molecular complexity index is 993. The van der Waals surface area contributed by atoms with Gasteiger partial charge in [-0.3, -0.25) is 19.3 Å². The third-order valence-electron chi connectivity index (χ3n) is 5.08. The van der Waals surface area contributed by atoms with Crippen molar-refractivity contribution in [1.82, 2.24) is 24.6 Å². The van der Waals surface area contributed by atoms with Gasteiger partial charge in [0.15, 0.2) is 0 Å². The number of hydrogen-bond donors (Lipinski definition) is 1. The molecule has 4 rings (SSSR count). The molecule has 1 saturated heterocycles. The van der Waals surface area contributed by atoms with Crippen LogP contribution < -0.4 is 5.56 Å². The molecule has 0 radical (unpaired) electrons. The molecule has 7 nitrogen and oxygen atoms in total. The minimum absolute atomic E-state index is 0.0260. The van der Waals surface area contributed by atoms with Crippen LogP contribution in [0.1, 0.15) is 30.3 Å². The Morgan fingerprint density at radius 3 is 2.96 bits per heavy atom. The van der Waals surface area contributed by atoms with Crippen molar-refractivity contribution >= 4 is 16.8 Å². The van der Waals surface area contributed by atoms with Crippen LogP contribution in [0.15, 0.2) is 41.3 Å².